The van der Waals surface area contributed by atoms with E-state index in [-0.39, 0.29) is 0 Å². The Bertz CT molecular complexity index is 654. The molecule has 0 saturated carbocycles. The van der Waals surface area contributed by atoms with Gasteiger partial charge in [0.15, 0.2) is 0 Å². The quantitative estimate of drug-likeness (QED) is 0.896. The molecule has 0 amide bonds. The molecule has 1 unspecified atom stereocenters. The molecule has 0 saturated heterocycles. The maximum Gasteiger partial charge on any atom is 0.142 e. The van der Waals surface area contributed by atoms with E-state index in [9.17, 15) is 0 Å². The summed E-state index contributed by atoms with van der Waals surface area (Å²) in [6, 6.07) is 12.9. The molecule has 1 heterocycles. The molecule has 1 aliphatic heterocycles. The molecule has 1 aliphatic rings. The lowest BCUT2D eigenvalue weighted by Gasteiger charge is -2.27. The minimum Gasteiger partial charge on any atom is -0.492 e. The fraction of sp³-hybridized carbons (Fsp3) is 0.333. The molecule has 1 N–H and O–H groups in total. The molecule has 3 heteroatoms. The molecule has 2 aromatic rings. The van der Waals surface area contributed by atoms with E-state index in [0.29, 0.717) is 17.7 Å². The van der Waals surface area contributed by atoms with Crippen LogP contribution in [-0.4, -0.2) is 6.61 Å². The molecule has 2 nitrogen and oxygen atoms in total. The lowest BCUT2D eigenvalue weighted by molar-refractivity contribution is 0.252. The van der Waals surface area contributed by atoms with Gasteiger partial charge in [-0.1, -0.05) is 47.5 Å². The van der Waals surface area contributed by atoms with Gasteiger partial charge in [-0.2, -0.15) is 0 Å². The van der Waals surface area contributed by atoms with Gasteiger partial charge < -0.3 is 10.1 Å². The van der Waals surface area contributed by atoms with Crippen LogP contribution in [0.5, 0.6) is 5.75 Å². The summed E-state index contributed by atoms with van der Waals surface area (Å²) < 4.78 is 5.70. The van der Waals surface area contributed by atoms with Gasteiger partial charge in [0.1, 0.15) is 5.75 Å². The maximum absolute atomic E-state index is 6.21. The zero-order chi connectivity index (χ0) is 14.8. The predicted molar refractivity (Wildman–Crippen MR) is 87.1 cm³/mol. The zero-order valence-corrected chi connectivity index (χ0v) is 13.2. The molecule has 21 heavy (non-hydrogen) atoms. The topological polar surface area (TPSA) is 21.3 Å². The predicted octanol–water partition coefficient (Wildman–Crippen LogP) is 4.57. The van der Waals surface area contributed by atoms with Crippen molar-refractivity contribution >= 4 is 11.6 Å². The van der Waals surface area contributed by atoms with E-state index in [4.69, 9.17) is 16.3 Å². The third kappa shape index (κ3) is 3.07. The van der Waals surface area contributed by atoms with Crippen LogP contribution in [0.2, 0.25) is 5.02 Å². The highest BCUT2D eigenvalue weighted by Crippen LogP contribution is 2.37. The summed E-state index contributed by atoms with van der Waals surface area (Å²) in [6.45, 7) is 5.86. The second-order valence-electron chi connectivity index (χ2n) is 5.66. The van der Waals surface area contributed by atoms with E-state index in [2.05, 4.69) is 43.4 Å². The van der Waals surface area contributed by atoms with E-state index in [1.165, 1.54) is 22.3 Å². The minimum atomic E-state index is 0.299. The van der Waals surface area contributed by atoms with Crippen LogP contribution < -0.4 is 10.1 Å². The Morgan fingerprint density at radius 1 is 1.24 bits per heavy atom. The Hall–Kier alpha value is -1.51. The molecule has 1 atom stereocenters. The average molecular weight is 302 g/mol. The van der Waals surface area contributed by atoms with Gasteiger partial charge in [-0.3, -0.25) is 0 Å². The van der Waals surface area contributed by atoms with Crippen LogP contribution >= 0.6 is 11.6 Å². The monoisotopic (exact) mass is 301 g/mol. The molecule has 0 spiro atoms. The standard InChI is InChI=1S/C18H20ClNO/c1-12-6-7-14(13(2)10-12)11-20-17-8-9-21-18-15(17)4-3-5-16(18)19/h3-7,10,17,20H,8-9,11H2,1-2H3. The Labute approximate surface area is 131 Å². The molecule has 0 bridgehead atoms. The summed E-state index contributed by atoms with van der Waals surface area (Å²) in [5.41, 5.74) is 5.15. The molecule has 3 rings (SSSR count). The number of hydrogen-bond acceptors (Lipinski definition) is 2. The molecular weight excluding hydrogens is 282 g/mol. The Morgan fingerprint density at radius 2 is 2.10 bits per heavy atom. The largest absolute Gasteiger partial charge is 0.492 e. The number of nitrogens with one attached hydrogen (secondary N) is 1. The van der Waals surface area contributed by atoms with Crippen molar-refractivity contribution in [3.05, 3.63) is 63.7 Å². The highest BCUT2D eigenvalue weighted by atomic mass is 35.5. The average Bonchev–Trinajstić information content (AvgIpc) is 2.47. The van der Waals surface area contributed by atoms with Crippen molar-refractivity contribution in [1.29, 1.82) is 0 Å². The van der Waals surface area contributed by atoms with Gasteiger partial charge in [0, 0.05) is 24.6 Å². The van der Waals surface area contributed by atoms with Gasteiger partial charge in [-0.15, -0.1) is 0 Å². The highest BCUT2D eigenvalue weighted by Gasteiger charge is 2.22. The van der Waals surface area contributed by atoms with Gasteiger partial charge >= 0.3 is 0 Å². The third-order valence-electron chi connectivity index (χ3n) is 4.06. The van der Waals surface area contributed by atoms with Gasteiger partial charge in [0.05, 0.1) is 11.6 Å². The molecule has 0 aliphatic carbocycles. The summed E-state index contributed by atoms with van der Waals surface area (Å²) >= 11 is 6.21. The summed E-state index contributed by atoms with van der Waals surface area (Å²) in [5, 5.41) is 4.34. The van der Waals surface area contributed by atoms with Crippen LogP contribution in [0.25, 0.3) is 0 Å². The molecule has 0 fully saturated rings. The first-order chi connectivity index (χ1) is 10.1. The van der Waals surface area contributed by atoms with Gasteiger partial charge in [-0.05, 0) is 31.0 Å². The van der Waals surface area contributed by atoms with E-state index in [1.54, 1.807) is 0 Å². The Kier molecular flexibility index (Phi) is 4.18. The number of ether oxygens (including phenoxy) is 1. The van der Waals surface area contributed by atoms with E-state index < -0.39 is 0 Å². The number of halogens is 1. The van der Waals surface area contributed by atoms with Crippen LogP contribution in [0.4, 0.5) is 0 Å². The van der Waals surface area contributed by atoms with E-state index >= 15 is 0 Å². The fourth-order valence-electron chi connectivity index (χ4n) is 2.88. The molecule has 0 radical (unpaired) electrons. The van der Waals surface area contributed by atoms with Crippen LogP contribution in [0.3, 0.4) is 0 Å². The smallest absolute Gasteiger partial charge is 0.142 e. The number of para-hydroxylation sites is 1. The number of rotatable bonds is 3. The number of fused-ring (bicyclic) bond motifs is 1. The lowest BCUT2D eigenvalue weighted by atomic mass is 9.99. The van der Waals surface area contributed by atoms with Crippen molar-refractivity contribution < 1.29 is 4.74 Å². The van der Waals surface area contributed by atoms with Crippen molar-refractivity contribution in [3.63, 3.8) is 0 Å². The zero-order valence-electron chi connectivity index (χ0n) is 12.4. The second-order valence-corrected chi connectivity index (χ2v) is 6.07. The SMILES string of the molecule is Cc1ccc(CNC2CCOc3c(Cl)cccc32)c(C)c1. The fourth-order valence-corrected chi connectivity index (χ4v) is 3.11. The Balaban J connectivity index is 1.76. The maximum atomic E-state index is 6.21. The van der Waals surface area contributed by atoms with Crippen LogP contribution in [-0.2, 0) is 6.54 Å². The number of benzene rings is 2. The van der Waals surface area contributed by atoms with Gasteiger partial charge in [0.2, 0.25) is 0 Å². The molecule has 110 valence electrons. The highest BCUT2D eigenvalue weighted by molar-refractivity contribution is 6.32. The van der Waals surface area contributed by atoms with Crippen molar-refractivity contribution in [2.24, 2.45) is 0 Å². The van der Waals surface area contributed by atoms with Crippen molar-refractivity contribution in [3.8, 4) is 5.75 Å². The number of hydrogen-bond donors (Lipinski definition) is 1. The first kappa shape index (κ1) is 14.4. The normalized spacial score (nSPS) is 17.2. The summed E-state index contributed by atoms with van der Waals surface area (Å²) in [4.78, 5) is 0. The van der Waals surface area contributed by atoms with Crippen molar-refractivity contribution in [1.82, 2.24) is 5.32 Å². The summed E-state index contributed by atoms with van der Waals surface area (Å²) in [6.07, 6.45) is 0.970. The van der Waals surface area contributed by atoms with Crippen LogP contribution in [0.1, 0.15) is 34.7 Å². The summed E-state index contributed by atoms with van der Waals surface area (Å²) in [5.74, 6) is 0.837. The van der Waals surface area contributed by atoms with Crippen molar-refractivity contribution in [2.75, 3.05) is 6.61 Å². The molecule has 2 aromatic carbocycles. The van der Waals surface area contributed by atoms with Gasteiger partial charge in [0.25, 0.3) is 0 Å². The molecular formula is C18H20ClNO. The Morgan fingerprint density at radius 3 is 2.90 bits per heavy atom. The first-order valence-electron chi connectivity index (χ1n) is 7.36. The van der Waals surface area contributed by atoms with Crippen molar-refractivity contribution in [2.45, 2.75) is 32.9 Å². The van der Waals surface area contributed by atoms with E-state index in [1.807, 2.05) is 12.1 Å². The minimum absolute atomic E-state index is 0.299. The lowest BCUT2D eigenvalue weighted by Crippen LogP contribution is -2.27. The third-order valence-corrected chi connectivity index (χ3v) is 4.36. The van der Waals surface area contributed by atoms with Gasteiger partial charge in [-0.25, -0.2) is 0 Å². The molecule has 0 aromatic heterocycles. The van der Waals surface area contributed by atoms with Crippen LogP contribution in [0, 0.1) is 13.8 Å². The van der Waals surface area contributed by atoms with E-state index in [0.717, 1.165) is 18.7 Å². The second kappa shape index (κ2) is 6.08. The summed E-state index contributed by atoms with van der Waals surface area (Å²) in [7, 11) is 0. The van der Waals surface area contributed by atoms with Crippen LogP contribution in [0.15, 0.2) is 36.4 Å². The number of aryl methyl sites for hydroxylation is 2. The first-order valence-corrected chi connectivity index (χ1v) is 7.73.